The molecule has 0 aliphatic heterocycles. The van der Waals surface area contributed by atoms with Crippen LogP contribution in [0.4, 0.5) is 17.1 Å². The summed E-state index contributed by atoms with van der Waals surface area (Å²) in [6.45, 7) is 0. The van der Waals surface area contributed by atoms with Crippen molar-refractivity contribution in [3.05, 3.63) is 237 Å². The average Bonchev–Trinajstić information content (AvgIpc) is 3.71. The fraction of sp³-hybridized carbons (Fsp3) is 0. The summed E-state index contributed by atoms with van der Waals surface area (Å²) in [6.07, 6.45) is 0. The van der Waals surface area contributed by atoms with Crippen molar-refractivity contribution in [2.24, 2.45) is 0 Å². The van der Waals surface area contributed by atoms with Crippen LogP contribution in [0.25, 0.3) is 94.3 Å². The molecule has 10 aromatic carbocycles. The molecule has 0 saturated heterocycles. The molecule has 0 aliphatic carbocycles. The van der Waals surface area contributed by atoms with Crippen LogP contribution in [0.1, 0.15) is 0 Å². The van der Waals surface area contributed by atoms with Crippen molar-refractivity contribution in [2.75, 3.05) is 4.90 Å². The van der Waals surface area contributed by atoms with Gasteiger partial charge in [-0.05, 0) is 93.3 Å². The Balaban J connectivity index is 1.12. The van der Waals surface area contributed by atoms with Gasteiger partial charge >= 0.3 is 0 Å². The molecule has 2 aromatic heterocycles. The summed E-state index contributed by atoms with van der Waals surface area (Å²) in [6, 6.07) is 83.6. The molecule has 0 spiro atoms. The second-order valence-electron chi connectivity index (χ2n) is 16.1. The molecular weight excluding hydrogens is 779 g/mol. The summed E-state index contributed by atoms with van der Waals surface area (Å²) in [4.78, 5) is 17.9. The van der Waals surface area contributed by atoms with Gasteiger partial charge in [0.05, 0.1) is 11.0 Å². The maximum atomic E-state index is 5.23. The SMILES string of the molecule is c1ccc(-c2ccc(N(c3ccc4ccccc4c3)c3ccc4c(c3)c3c5ccccc5c(-c5nc(-c6ccccc6)nc(-c6ccccc6)n5)cc3n4-c3ccccc3)cc2)cc1. The maximum Gasteiger partial charge on any atom is 0.164 e. The lowest BCUT2D eigenvalue weighted by Crippen LogP contribution is -2.10. The Morgan fingerprint density at radius 2 is 0.812 bits per heavy atom. The van der Waals surface area contributed by atoms with Crippen LogP contribution in [-0.2, 0) is 0 Å². The Bertz CT molecular complexity index is 3580. The first kappa shape index (κ1) is 37.1. The highest BCUT2D eigenvalue weighted by Crippen LogP contribution is 2.45. The quantitative estimate of drug-likeness (QED) is 0.153. The fourth-order valence-corrected chi connectivity index (χ4v) is 9.17. The molecule has 64 heavy (non-hydrogen) atoms. The monoisotopic (exact) mass is 817 g/mol. The highest BCUT2D eigenvalue weighted by atomic mass is 15.1. The van der Waals surface area contributed by atoms with E-state index in [0.717, 1.165) is 66.6 Å². The van der Waals surface area contributed by atoms with Crippen molar-refractivity contribution < 1.29 is 0 Å². The normalized spacial score (nSPS) is 11.4. The molecule has 0 fully saturated rings. The Morgan fingerprint density at radius 3 is 1.48 bits per heavy atom. The Morgan fingerprint density at radius 1 is 0.312 bits per heavy atom. The molecule has 2 heterocycles. The van der Waals surface area contributed by atoms with Gasteiger partial charge in [-0.1, -0.05) is 176 Å². The van der Waals surface area contributed by atoms with Gasteiger partial charge in [-0.15, -0.1) is 0 Å². The summed E-state index contributed by atoms with van der Waals surface area (Å²) in [5, 5.41) is 6.91. The number of benzene rings is 10. The minimum Gasteiger partial charge on any atom is -0.310 e. The topological polar surface area (TPSA) is 46.8 Å². The average molecular weight is 818 g/mol. The predicted molar refractivity (Wildman–Crippen MR) is 266 cm³/mol. The number of para-hydroxylation sites is 1. The number of nitrogens with zero attached hydrogens (tertiary/aromatic N) is 5. The third kappa shape index (κ3) is 6.55. The lowest BCUT2D eigenvalue weighted by atomic mass is 9.98. The molecule has 0 amide bonds. The van der Waals surface area contributed by atoms with E-state index in [1.54, 1.807) is 0 Å². The third-order valence-electron chi connectivity index (χ3n) is 12.2. The van der Waals surface area contributed by atoms with Crippen LogP contribution < -0.4 is 4.90 Å². The van der Waals surface area contributed by atoms with E-state index in [2.05, 4.69) is 210 Å². The number of hydrogen-bond acceptors (Lipinski definition) is 4. The fourth-order valence-electron chi connectivity index (χ4n) is 9.17. The van der Waals surface area contributed by atoms with E-state index in [0.29, 0.717) is 17.5 Å². The number of rotatable bonds is 8. The van der Waals surface area contributed by atoms with Gasteiger partial charge in [0.15, 0.2) is 17.5 Å². The molecular formula is C59H39N5. The number of aromatic nitrogens is 4. The standard InChI is InChI=1S/C59H39N5/c1-5-17-40(18-6-1)42-29-32-47(33-30-42)63(48-34-31-41-19-13-14-24-45(41)37-48)49-35-36-54-53(38-49)56-51-28-16-15-27-50(51)52(39-55(56)64(54)46-25-11-4-12-26-46)59-61-57(43-20-7-2-8-21-43)60-58(62-59)44-22-9-3-10-23-44/h1-39H. The zero-order valence-corrected chi connectivity index (χ0v) is 34.8. The van der Waals surface area contributed by atoms with Gasteiger partial charge in [0.1, 0.15) is 0 Å². The number of hydrogen-bond donors (Lipinski definition) is 0. The van der Waals surface area contributed by atoms with E-state index in [-0.39, 0.29) is 0 Å². The van der Waals surface area contributed by atoms with E-state index >= 15 is 0 Å². The minimum absolute atomic E-state index is 0.623. The van der Waals surface area contributed by atoms with Crippen LogP contribution in [-0.4, -0.2) is 19.5 Å². The second kappa shape index (κ2) is 15.7. The predicted octanol–water partition coefficient (Wildman–Crippen LogP) is 15.4. The lowest BCUT2D eigenvalue weighted by molar-refractivity contribution is 1.08. The van der Waals surface area contributed by atoms with E-state index < -0.39 is 0 Å². The second-order valence-corrected chi connectivity index (χ2v) is 16.1. The van der Waals surface area contributed by atoms with Gasteiger partial charge < -0.3 is 9.47 Å². The molecule has 0 aliphatic rings. The van der Waals surface area contributed by atoms with Crippen LogP contribution in [0, 0.1) is 0 Å². The zero-order chi connectivity index (χ0) is 42.4. The van der Waals surface area contributed by atoms with Crippen molar-refractivity contribution in [3.63, 3.8) is 0 Å². The van der Waals surface area contributed by atoms with Crippen molar-refractivity contribution in [1.82, 2.24) is 19.5 Å². The molecule has 0 atom stereocenters. The largest absolute Gasteiger partial charge is 0.310 e. The van der Waals surface area contributed by atoms with Crippen molar-refractivity contribution >= 4 is 60.4 Å². The summed E-state index contributed by atoms with van der Waals surface area (Å²) in [5.74, 6) is 1.89. The van der Waals surface area contributed by atoms with Crippen molar-refractivity contribution in [1.29, 1.82) is 0 Å². The molecule has 12 aromatic rings. The van der Waals surface area contributed by atoms with Gasteiger partial charge in [0.2, 0.25) is 0 Å². The van der Waals surface area contributed by atoms with Crippen LogP contribution in [0.15, 0.2) is 237 Å². The molecule has 0 N–H and O–H groups in total. The summed E-state index contributed by atoms with van der Waals surface area (Å²) >= 11 is 0. The molecule has 12 rings (SSSR count). The smallest absolute Gasteiger partial charge is 0.164 e. The van der Waals surface area contributed by atoms with Crippen LogP contribution in [0.5, 0.6) is 0 Å². The number of fused-ring (bicyclic) bond motifs is 6. The summed E-state index contributed by atoms with van der Waals surface area (Å²) in [5.41, 5.74) is 11.7. The van der Waals surface area contributed by atoms with Crippen molar-refractivity contribution in [2.45, 2.75) is 0 Å². The molecule has 0 saturated carbocycles. The Hall–Kier alpha value is -8.67. The first-order valence-corrected chi connectivity index (χ1v) is 21.6. The highest BCUT2D eigenvalue weighted by Gasteiger charge is 2.23. The van der Waals surface area contributed by atoms with Crippen LogP contribution in [0.2, 0.25) is 0 Å². The van der Waals surface area contributed by atoms with Gasteiger partial charge in [0.25, 0.3) is 0 Å². The highest BCUT2D eigenvalue weighted by molar-refractivity contribution is 6.24. The third-order valence-corrected chi connectivity index (χ3v) is 12.2. The molecule has 5 heteroatoms. The van der Waals surface area contributed by atoms with Crippen molar-refractivity contribution in [3.8, 4) is 51.0 Å². The first-order chi connectivity index (χ1) is 31.7. The lowest BCUT2D eigenvalue weighted by Gasteiger charge is -2.26. The summed E-state index contributed by atoms with van der Waals surface area (Å²) < 4.78 is 2.39. The minimum atomic E-state index is 0.623. The van der Waals surface area contributed by atoms with E-state index in [1.807, 2.05) is 36.4 Å². The Labute approximate surface area is 370 Å². The van der Waals surface area contributed by atoms with E-state index in [9.17, 15) is 0 Å². The molecule has 5 nitrogen and oxygen atoms in total. The van der Waals surface area contributed by atoms with E-state index in [4.69, 9.17) is 15.0 Å². The molecule has 0 radical (unpaired) electrons. The molecule has 0 unspecified atom stereocenters. The van der Waals surface area contributed by atoms with Gasteiger partial charge in [-0.3, -0.25) is 0 Å². The van der Waals surface area contributed by atoms with Gasteiger partial charge in [0, 0.05) is 50.2 Å². The van der Waals surface area contributed by atoms with Gasteiger partial charge in [-0.2, -0.15) is 0 Å². The molecule has 0 bridgehead atoms. The Kier molecular flexibility index (Phi) is 9.08. The van der Waals surface area contributed by atoms with Gasteiger partial charge in [-0.25, -0.2) is 15.0 Å². The van der Waals surface area contributed by atoms with E-state index in [1.165, 1.54) is 27.3 Å². The van der Waals surface area contributed by atoms with Crippen LogP contribution in [0.3, 0.4) is 0 Å². The molecule has 300 valence electrons. The number of anilines is 3. The summed E-state index contributed by atoms with van der Waals surface area (Å²) in [7, 11) is 0. The first-order valence-electron chi connectivity index (χ1n) is 21.6. The zero-order valence-electron chi connectivity index (χ0n) is 34.8. The van der Waals surface area contributed by atoms with Crippen LogP contribution >= 0.6 is 0 Å². The maximum absolute atomic E-state index is 5.23.